The zero-order chi connectivity index (χ0) is 37.2. The van der Waals surface area contributed by atoms with E-state index in [1.807, 2.05) is 13.8 Å². The molecule has 0 amide bonds. The summed E-state index contributed by atoms with van der Waals surface area (Å²) in [5.41, 5.74) is 8.59. The molecule has 0 radical (unpaired) electrons. The van der Waals surface area contributed by atoms with Gasteiger partial charge in [-0.25, -0.2) is 8.42 Å². The minimum Gasteiger partial charge on any atom is -0.488 e. The van der Waals surface area contributed by atoms with Crippen molar-refractivity contribution in [1.29, 1.82) is 0 Å². The van der Waals surface area contributed by atoms with Crippen LogP contribution >= 0.6 is 0 Å². The highest BCUT2D eigenvalue weighted by Gasteiger charge is 2.37. The summed E-state index contributed by atoms with van der Waals surface area (Å²) in [6.45, 7) is 28.9. The molecule has 4 nitrogen and oxygen atoms in total. The third-order valence-electron chi connectivity index (χ3n) is 11.5. The van der Waals surface area contributed by atoms with Crippen molar-refractivity contribution >= 4 is 9.84 Å². The van der Waals surface area contributed by atoms with Crippen LogP contribution in [0.15, 0.2) is 82.6 Å². The van der Waals surface area contributed by atoms with Gasteiger partial charge >= 0.3 is 0 Å². The molecule has 4 aromatic rings. The second-order valence-electron chi connectivity index (χ2n) is 15.5. The average molecular weight is 697 g/mol. The van der Waals surface area contributed by atoms with Crippen LogP contribution in [0.25, 0.3) is 0 Å². The molecule has 0 aliphatic carbocycles. The number of aryl methyl sites for hydroxylation is 4. The van der Waals surface area contributed by atoms with Gasteiger partial charge in [0.2, 0.25) is 9.84 Å². The van der Waals surface area contributed by atoms with Crippen molar-refractivity contribution in [3.63, 3.8) is 0 Å². The Hall–Kier alpha value is -3.57. The van der Waals surface area contributed by atoms with Crippen molar-refractivity contribution in [2.45, 2.75) is 142 Å². The molecule has 1 unspecified atom stereocenters. The third kappa shape index (κ3) is 7.68. The van der Waals surface area contributed by atoms with Crippen molar-refractivity contribution < 1.29 is 17.9 Å². The van der Waals surface area contributed by atoms with Crippen molar-refractivity contribution in [3.8, 4) is 17.2 Å². The van der Waals surface area contributed by atoms with Gasteiger partial charge in [-0.05, 0) is 160 Å². The molecule has 0 heterocycles. The van der Waals surface area contributed by atoms with Gasteiger partial charge in [-0.3, -0.25) is 0 Å². The summed E-state index contributed by atoms with van der Waals surface area (Å²) in [4.78, 5) is 0.442. The molecule has 4 aromatic carbocycles. The van der Waals surface area contributed by atoms with E-state index in [2.05, 4.69) is 100 Å². The Balaban J connectivity index is 1.58. The Bertz CT molecular complexity index is 1850. The fourth-order valence-corrected chi connectivity index (χ4v) is 8.97. The van der Waals surface area contributed by atoms with Gasteiger partial charge in [0, 0.05) is 5.41 Å². The molecule has 0 aromatic heterocycles. The van der Waals surface area contributed by atoms with Crippen LogP contribution in [0.5, 0.6) is 17.2 Å². The van der Waals surface area contributed by atoms with Gasteiger partial charge in [-0.1, -0.05) is 79.2 Å². The van der Waals surface area contributed by atoms with E-state index in [9.17, 15) is 8.42 Å². The predicted octanol–water partition coefficient (Wildman–Crippen LogP) is 12.5. The van der Waals surface area contributed by atoms with Crippen LogP contribution < -0.4 is 9.47 Å². The number of rotatable bonds is 14. The van der Waals surface area contributed by atoms with Crippen LogP contribution in [0.1, 0.15) is 127 Å². The standard InChI is InChI=1S/C45H60O4S/c1-14-34(9)45(16-3,17-4)41-30(5)26-35(27-31(41)6)44(12,13)36-28-32(7)42(33(8)29-36)48-37-18-22-39(23-19-37)50(46,47)40-24-20-38(21-25-40)49-43(10,11)15-2/h18-29,34H,14-17H2,1-13H3. The molecule has 270 valence electrons. The van der Waals surface area contributed by atoms with Crippen LogP contribution in [0.4, 0.5) is 0 Å². The highest BCUT2D eigenvalue weighted by Crippen LogP contribution is 2.46. The molecular formula is C45H60O4S. The molecule has 0 aliphatic heterocycles. The first-order chi connectivity index (χ1) is 23.4. The maximum Gasteiger partial charge on any atom is 0.206 e. The molecule has 5 heteroatoms. The van der Waals surface area contributed by atoms with Gasteiger partial charge in [-0.2, -0.15) is 0 Å². The molecule has 50 heavy (non-hydrogen) atoms. The molecule has 1 atom stereocenters. The molecule has 0 saturated carbocycles. The minimum absolute atomic E-state index is 0.187. The lowest BCUT2D eigenvalue weighted by molar-refractivity contribution is 0.105. The van der Waals surface area contributed by atoms with Crippen LogP contribution in [0, 0.1) is 33.6 Å². The molecule has 0 aliphatic rings. The first-order valence-corrected chi connectivity index (χ1v) is 19.9. The fourth-order valence-electron chi connectivity index (χ4n) is 7.70. The van der Waals surface area contributed by atoms with E-state index in [0.717, 1.165) is 36.1 Å². The first kappa shape index (κ1) is 39.2. The Morgan fingerprint density at radius 2 is 1.04 bits per heavy atom. The zero-order valence-corrected chi connectivity index (χ0v) is 33.7. The van der Waals surface area contributed by atoms with Gasteiger partial charge in [0.1, 0.15) is 22.8 Å². The maximum absolute atomic E-state index is 13.4. The second kappa shape index (κ2) is 15.0. The average Bonchev–Trinajstić information content (AvgIpc) is 3.07. The summed E-state index contributed by atoms with van der Waals surface area (Å²) < 4.78 is 39.2. The van der Waals surface area contributed by atoms with Crippen molar-refractivity contribution in [3.05, 3.63) is 112 Å². The van der Waals surface area contributed by atoms with Crippen molar-refractivity contribution in [2.75, 3.05) is 0 Å². The normalized spacial score (nSPS) is 13.3. The Labute approximate surface area is 303 Å². The quantitative estimate of drug-likeness (QED) is 0.132. The van der Waals surface area contributed by atoms with Gasteiger partial charge < -0.3 is 9.47 Å². The maximum atomic E-state index is 13.4. The second-order valence-corrected chi connectivity index (χ2v) is 17.4. The van der Waals surface area contributed by atoms with E-state index in [4.69, 9.17) is 9.47 Å². The Morgan fingerprint density at radius 3 is 1.44 bits per heavy atom. The number of ether oxygens (including phenoxy) is 2. The van der Waals surface area contributed by atoms with E-state index >= 15 is 0 Å². The van der Waals surface area contributed by atoms with E-state index in [1.165, 1.54) is 34.2 Å². The van der Waals surface area contributed by atoms with Crippen molar-refractivity contribution in [1.82, 2.24) is 0 Å². The van der Waals surface area contributed by atoms with E-state index in [0.29, 0.717) is 17.4 Å². The van der Waals surface area contributed by atoms with E-state index in [-0.39, 0.29) is 26.2 Å². The van der Waals surface area contributed by atoms with Gasteiger partial charge in [-0.15, -0.1) is 0 Å². The summed E-state index contributed by atoms with van der Waals surface area (Å²) in [5, 5.41) is 0. The smallest absolute Gasteiger partial charge is 0.206 e. The van der Waals surface area contributed by atoms with Crippen LogP contribution in [0.3, 0.4) is 0 Å². The summed E-state index contributed by atoms with van der Waals surface area (Å²) >= 11 is 0. The number of hydrogen-bond acceptors (Lipinski definition) is 4. The SMILES string of the molecule is CCC(C)C(CC)(CC)c1c(C)cc(C(C)(C)c2cc(C)c(Oc3ccc(S(=O)(=O)c4ccc(OC(C)(C)CC)cc4)cc3)c(C)c2)cc1C. The molecule has 0 bridgehead atoms. The van der Waals surface area contributed by atoms with Crippen LogP contribution in [0.2, 0.25) is 0 Å². The fraction of sp³-hybridized carbons (Fsp3) is 0.467. The highest BCUT2D eigenvalue weighted by atomic mass is 32.2. The van der Waals surface area contributed by atoms with Crippen LogP contribution in [-0.2, 0) is 20.7 Å². The minimum atomic E-state index is -3.70. The van der Waals surface area contributed by atoms with E-state index < -0.39 is 9.84 Å². The number of benzene rings is 4. The topological polar surface area (TPSA) is 52.6 Å². The lowest BCUT2D eigenvalue weighted by Crippen LogP contribution is -2.34. The number of hydrogen-bond donors (Lipinski definition) is 0. The van der Waals surface area contributed by atoms with E-state index in [1.54, 1.807) is 48.5 Å². The summed E-state index contributed by atoms with van der Waals surface area (Å²) in [7, 11) is -3.70. The first-order valence-electron chi connectivity index (χ1n) is 18.4. The van der Waals surface area contributed by atoms with Gasteiger partial charge in [0.15, 0.2) is 0 Å². The zero-order valence-electron chi connectivity index (χ0n) is 32.9. The van der Waals surface area contributed by atoms with Crippen molar-refractivity contribution in [2.24, 2.45) is 5.92 Å². The molecule has 0 spiro atoms. The molecule has 0 saturated heterocycles. The highest BCUT2D eigenvalue weighted by molar-refractivity contribution is 7.91. The number of sulfone groups is 1. The van der Waals surface area contributed by atoms with Gasteiger partial charge in [0.05, 0.1) is 9.79 Å². The summed E-state index contributed by atoms with van der Waals surface area (Å²) in [6.07, 6.45) is 4.30. The Morgan fingerprint density at radius 1 is 0.620 bits per heavy atom. The third-order valence-corrected chi connectivity index (χ3v) is 13.3. The molecular weight excluding hydrogens is 637 g/mol. The largest absolute Gasteiger partial charge is 0.488 e. The summed E-state index contributed by atoms with van der Waals surface area (Å²) in [5.74, 6) is 2.64. The Kier molecular flexibility index (Phi) is 11.7. The lowest BCUT2D eigenvalue weighted by atomic mass is 9.63. The molecule has 0 N–H and O–H groups in total. The molecule has 4 rings (SSSR count). The molecule has 0 fully saturated rings. The summed E-state index contributed by atoms with van der Waals surface area (Å²) in [6, 6.07) is 22.6. The lowest BCUT2D eigenvalue weighted by Gasteiger charge is -2.41. The monoisotopic (exact) mass is 696 g/mol. The predicted molar refractivity (Wildman–Crippen MR) is 209 cm³/mol. The van der Waals surface area contributed by atoms with Gasteiger partial charge in [0.25, 0.3) is 0 Å². The van der Waals surface area contributed by atoms with Crippen LogP contribution in [-0.4, -0.2) is 14.0 Å².